The van der Waals surface area contributed by atoms with E-state index in [-0.39, 0.29) is 18.9 Å². The van der Waals surface area contributed by atoms with Gasteiger partial charge in [-0.2, -0.15) is 13.2 Å². The van der Waals surface area contributed by atoms with Crippen LogP contribution in [0.2, 0.25) is 0 Å². The highest BCUT2D eigenvalue weighted by Gasteiger charge is 2.35. The van der Waals surface area contributed by atoms with Gasteiger partial charge in [-0.25, -0.2) is 0 Å². The molecule has 1 heterocycles. The van der Waals surface area contributed by atoms with E-state index in [4.69, 9.17) is 4.74 Å². The van der Waals surface area contributed by atoms with Gasteiger partial charge < -0.3 is 9.64 Å². The number of carbonyl (C=O) groups excluding carboxylic acids is 1. The van der Waals surface area contributed by atoms with Crippen molar-refractivity contribution in [2.75, 3.05) is 18.1 Å². The fourth-order valence-electron chi connectivity index (χ4n) is 1.72. The Morgan fingerprint density at radius 1 is 1.33 bits per heavy atom. The molecule has 7 heteroatoms. The van der Waals surface area contributed by atoms with Gasteiger partial charge in [0.05, 0.1) is 12.3 Å². The van der Waals surface area contributed by atoms with Crippen molar-refractivity contribution in [2.24, 2.45) is 0 Å². The molecule has 0 radical (unpaired) electrons. The predicted octanol–water partition coefficient (Wildman–Crippen LogP) is 2.87. The predicted molar refractivity (Wildman–Crippen MR) is 62.2 cm³/mol. The van der Waals surface area contributed by atoms with Gasteiger partial charge in [-0.3, -0.25) is 4.79 Å². The third kappa shape index (κ3) is 3.02. The number of nitrogens with zero attached hydrogens (tertiary/aromatic N) is 1. The van der Waals surface area contributed by atoms with Crippen LogP contribution in [0.3, 0.4) is 0 Å². The Morgan fingerprint density at radius 2 is 2.06 bits per heavy atom. The fraction of sp³-hybridized carbons (Fsp3) is 0.364. The first kappa shape index (κ1) is 13.4. The average Bonchev–Trinajstić information content (AvgIpc) is 2.39. The first-order valence-electron chi connectivity index (χ1n) is 5.10. The Bertz CT molecular complexity index is 476. The molecule has 0 saturated carbocycles. The number of hydrogen-bond donors (Lipinski definition) is 0. The Kier molecular flexibility index (Phi) is 3.63. The van der Waals surface area contributed by atoms with Gasteiger partial charge in [0.25, 0.3) is 5.91 Å². The first-order valence-corrected chi connectivity index (χ1v) is 5.89. The van der Waals surface area contributed by atoms with E-state index in [0.717, 1.165) is 0 Å². The number of hydrogen-bond acceptors (Lipinski definition) is 2. The number of benzene rings is 1. The molecule has 1 amide bonds. The SMILES string of the molecule is O=C1COCc2ccc(Br)cc2N1CC(F)(F)F. The van der Waals surface area contributed by atoms with Crippen LogP contribution in [0.1, 0.15) is 5.56 Å². The van der Waals surface area contributed by atoms with Gasteiger partial charge in [0, 0.05) is 10.0 Å². The summed E-state index contributed by atoms with van der Waals surface area (Å²) in [5.41, 5.74) is 0.803. The quantitative estimate of drug-likeness (QED) is 0.795. The van der Waals surface area contributed by atoms with E-state index < -0.39 is 18.6 Å². The van der Waals surface area contributed by atoms with Gasteiger partial charge in [-0.1, -0.05) is 22.0 Å². The van der Waals surface area contributed by atoms with Crippen molar-refractivity contribution in [1.82, 2.24) is 0 Å². The highest BCUT2D eigenvalue weighted by Crippen LogP contribution is 2.30. The van der Waals surface area contributed by atoms with Crippen molar-refractivity contribution >= 4 is 27.5 Å². The molecule has 0 atom stereocenters. The largest absolute Gasteiger partial charge is 0.406 e. The third-order valence-corrected chi connectivity index (χ3v) is 2.95. The minimum atomic E-state index is -4.44. The minimum absolute atomic E-state index is 0.128. The molecule has 18 heavy (non-hydrogen) atoms. The average molecular weight is 324 g/mol. The van der Waals surface area contributed by atoms with Crippen molar-refractivity contribution in [3.63, 3.8) is 0 Å². The number of anilines is 1. The highest BCUT2D eigenvalue weighted by molar-refractivity contribution is 9.10. The van der Waals surface area contributed by atoms with Gasteiger partial charge in [0.1, 0.15) is 13.2 Å². The zero-order valence-corrected chi connectivity index (χ0v) is 10.7. The lowest BCUT2D eigenvalue weighted by Crippen LogP contribution is -2.40. The molecular weight excluding hydrogens is 315 g/mol. The summed E-state index contributed by atoms with van der Waals surface area (Å²) < 4.78 is 43.1. The van der Waals surface area contributed by atoms with Crippen LogP contribution in [-0.2, 0) is 16.1 Å². The molecule has 1 aromatic carbocycles. The summed E-state index contributed by atoms with van der Waals surface area (Å²) >= 11 is 3.18. The maximum absolute atomic E-state index is 12.5. The Hall–Kier alpha value is -1.08. The molecule has 1 aromatic rings. The molecule has 1 aliphatic heterocycles. The van der Waals surface area contributed by atoms with E-state index in [2.05, 4.69) is 15.9 Å². The summed E-state index contributed by atoms with van der Waals surface area (Å²) in [7, 11) is 0. The molecule has 0 fully saturated rings. The van der Waals surface area contributed by atoms with Crippen molar-refractivity contribution < 1.29 is 22.7 Å². The lowest BCUT2D eigenvalue weighted by molar-refractivity contribution is -0.134. The van der Waals surface area contributed by atoms with Crippen LogP contribution in [0, 0.1) is 0 Å². The molecule has 3 nitrogen and oxygen atoms in total. The number of carbonyl (C=O) groups is 1. The maximum atomic E-state index is 12.5. The van der Waals surface area contributed by atoms with Crippen LogP contribution in [0.4, 0.5) is 18.9 Å². The van der Waals surface area contributed by atoms with Crippen molar-refractivity contribution in [3.05, 3.63) is 28.2 Å². The van der Waals surface area contributed by atoms with Gasteiger partial charge >= 0.3 is 6.18 Å². The Balaban J connectivity index is 2.43. The summed E-state index contributed by atoms with van der Waals surface area (Å²) in [5, 5.41) is 0. The lowest BCUT2D eigenvalue weighted by atomic mass is 10.1. The first-order chi connectivity index (χ1) is 8.37. The molecule has 0 spiro atoms. The van der Waals surface area contributed by atoms with Crippen LogP contribution < -0.4 is 4.90 Å². The normalized spacial score (nSPS) is 16.4. The van der Waals surface area contributed by atoms with Gasteiger partial charge in [-0.15, -0.1) is 0 Å². The van der Waals surface area contributed by atoms with Crippen LogP contribution in [0.25, 0.3) is 0 Å². The lowest BCUT2D eigenvalue weighted by Gasteiger charge is -2.23. The molecule has 0 bridgehead atoms. The Morgan fingerprint density at radius 3 is 2.72 bits per heavy atom. The highest BCUT2D eigenvalue weighted by atomic mass is 79.9. The van der Waals surface area contributed by atoms with Crippen LogP contribution in [0.15, 0.2) is 22.7 Å². The summed E-state index contributed by atoms with van der Waals surface area (Å²) in [6.45, 7) is -1.52. The monoisotopic (exact) mass is 323 g/mol. The number of fused-ring (bicyclic) bond motifs is 1. The third-order valence-electron chi connectivity index (χ3n) is 2.46. The fourth-order valence-corrected chi connectivity index (χ4v) is 2.07. The van der Waals surface area contributed by atoms with Crippen LogP contribution in [0.5, 0.6) is 0 Å². The van der Waals surface area contributed by atoms with Gasteiger partial charge in [0.15, 0.2) is 0 Å². The molecule has 98 valence electrons. The van der Waals surface area contributed by atoms with E-state index >= 15 is 0 Å². The second-order valence-electron chi connectivity index (χ2n) is 3.86. The molecule has 0 unspecified atom stereocenters. The number of ether oxygens (including phenoxy) is 1. The van der Waals surface area contributed by atoms with Crippen molar-refractivity contribution in [1.29, 1.82) is 0 Å². The zero-order chi connectivity index (χ0) is 13.3. The topological polar surface area (TPSA) is 29.5 Å². The second-order valence-corrected chi connectivity index (χ2v) is 4.78. The van der Waals surface area contributed by atoms with Gasteiger partial charge in [-0.05, 0) is 12.1 Å². The molecular formula is C11H9BrF3NO2. The van der Waals surface area contributed by atoms with Gasteiger partial charge in [0.2, 0.25) is 0 Å². The molecule has 1 aliphatic rings. The molecule has 0 aromatic heterocycles. The smallest absolute Gasteiger partial charge is 0.367 e. The molecule has 2 rings (SSSR count). The van der Waals surface area contributed by atoms with Crippen molar-refractivity contribution in [2.45, 2.75) is 12.8 Å². The van der Waals surface area contributed by atoms with Crippen LogP contribution >= 0.6 is 15.9 Å². The van der Waals surface area contributed by atoms with E-state index in [0.29, 0.717) is 14.9 Å². The molecule has 0 saturated heterocycles. The van der Waals surface area contributed by atoms with E-state index in [9.17, 15) is 18.0 Å². The zero-order valence-electron chi connectivity index (χ0n) is 9.13. The summed E-state index contributed by atoms with van der Waals surface area (Å²) in [6.07, 6.45) is -4.44. The van der Waals surface area contributed by atoms with Crippen LogP contribution in [-0.4, -0.2) is 25.2 Å². The number of amides is 1. The molecule has 0 aliphatic carbocycles. The van der Waals surface area contributed by atoms with Crippen molar-refractivity contribution in [3.8, 4) is 0 Å². The minimum Gasteiger partial charge on any atom is -0.367 e. The van der Waals surface area contributed by atoms with E-state index in [1.807, 2.05) is 0 Å². The molecule has 0 N–H and O–H groups in total. The second kappa shape index (κ2) is 4.89. The maximum Gasteiger partial charge on any atom is 0.406 e. The summed E-state index contributed by atoms with van der Waals surface area (Å²) in [6, 6.07) is 4.83. The number of halogens is 4. The summed E-state index contributed by atoms with van der Waals surface area (Å²) in [5.74, 6) is -0.691. The summed E-state index contributed by atoms with van der Waals surface area (Å²) in [4.78, 5) is 12.4. The number of rotatable bonds is 1. The standard InChI is InChI=1S/C11H9BrF3NO2/c12-8-2-1-7-4-18-5-10(17)16(9(7)3-8)6-11(13,14)15/h1-3H,4-6H2. The van der Waals surface area contributed by atoms with E-state index in [1.54, 1.807) is 12.1 Å². The number of alkyl halides is 3. The Labute approximate surface area is 110 Å². The van der Waals surface area contributed by atoms with E-state index in [1.165, 1.54) is 6.07 Å².